The van der Waals surface area contributed by atoms with E-state index in [0.29, 0.717) is 5.91 Å². The molecule has 1 amide bonds. The van der Waals surface area contributed by atoms with Gasteiger partial charge in [0.1, 0.15) is 0 Å². The molecule has 1 atom stereocenters. The van der Waals surface area contributed by atoms with Crippen LogP contribution in [0.25, 0.3) is 0 Å². The number of carbonyl (C=O) groups excluding carboxylic acids is 1. The Hall–Kier alpha value is -0.610. The Kier molecular flexibility index (Phi) is 5.60. The molecule has 1 rings (SSSR count). The van der Waals surface area contributed by atoms with Gasteiger partial charge in [-0.3, -0.25) is 9.69 Å². The lowest BCUT2D eigenvalue weighted by Crippen LogP contribution is -2.55. The van der Waals surface area contributed by atoms with Crippen LogP contribution in [0.3, 0.4) is 0 Å². The van der Waals surface area contributed by atoms with E-state index in [-0.39, 0.29) is 11.5 Å². The van der Waals surface area contributed by atoms with Crippen molar-refractivity contribution in [3.63, 3.8) is 0 Å². The van der Waals surface area contributed by atoms with Gasteiger partial charge in [0.05, 0.1) is 0 Å². The summed E-state index contributed by atoms with van der Waals surface area (Å²) in [5, 5.41) is 3.24. The van der Waals surface area contributed by atoms with Crippen molar-refractivity contribution in [2.75, 3.05) is 39.3 Å². The third kappa shape index (κ3) is 4.25. The molecule has 1 heterocycles. The first-order valence-electron chi connectivity index (χ1n) is 7.10. The van der Waals surface area contributed by atoms with Crippen LogP contribution in [0.5, 0.6) is 0 Å². The van der Waals surface area contributed by atoms with Crippen molar-refractivity contribution in [1.29, 1.82) is 0 Å². The largest absolute Gasteiger partial charge is 0.340 e. The van der Waals surface area contributed by atoms with Crippen molar-refractivity contribution in [2.45, 2.75) is 40.2 Å². The zero-order valence-corrected chi connectivity index (χ0v) is 12.6. The van der Waals surface area contributed by atoms with Crippen LogP contribution >= 0.6 is 0 Å². The molecule has 0 aromatic heterocycles. The summed E-state index contributed by atoms with van der Waals surface area (Å²) in [6.07, 6.45) is 0. The Labute approximate surface area is 112 Å². The van der Waals surface area contributed by atoms with Crippen LogP contribution in [-0.4, -0.2) is 60.5 Å². The topological polar surface area (TPSA) is 35.6 Å². The van der Waals surface area contributed by atoms with E-state index in [4.69, 9.17) is 0 Å². The maximum atomic E-state index is 12.2. The van der Waals surface area contributed by atoms with Crippen molar-refractivity contribution in [2.24, 2.45) is 5.92 Å². The van der Waals surface area contributed by atoms with Crippen molar-refractivity contribution >= 4 is 5.91 Å². The summed E-state index contributed by atoms with van der Waals surface area (Å²) in [4.78, 5) is 16.7. The van der Waals surface area contributed by atoms with Crippen LogP contribution in [0.15, 0.2) is 0 Å². The van der Waals surface area contributed by atoms with Gasteiger partial charge < -0.3 is 10.2 Å². The maximum Gasteiger partial charge on any atom is 0.226 e. The van der Waals surface area contributed by atoms with E-state index in [2.05, 4.69) is 37.9 Å². The van der Waals surface area contributed by atoms with Gasteiger partial charge in [-0.05, 0) is 27.3 Å². The standard InChI is InChI=1S/C14H29N3O/c1-6-15-11-12(2)13(18)16-7-9-17(10-8-16)14(3,4)5/h12,15H,6-11H2,1-5H3. The molecule has 18 heavy (non-hydrogen) atoms. The second-order valence-electron chi connectivity index (χ2n) is 6.19. The van der Waals surface area contributed by atoms with Crippen LogP contribution in [0.2, 0.25) is 0 Å². The number of carbonyl (C=O) groups is 1. The molecule has 0 aliphatic carbocycles. The summed E-state index contributed by atoms with van der Waals surface area (Å²) in [7, 11) is 0. The van der Waals surface area contributed by atoms with Gasteiger partial charge in [0.15, 0.2) is 0 Å². The molecule has 0 aromatic carbocycles. The molecular formula is C14H29N3O. The number of amides is 1. The second kappa shape index (κ2) is 6.53. The summed E-state index contributed by atoms with van der Waals surface area (Å²) < 4.78 is 0. The SMILES string of the molecule is CCNCC(C)C(=O)N1CCN(C(C)(C)C)CC1. The molecule has 1 fully saturated rings. The molecule has 4 heteroatoms. The molecule has 1 aliphatic rings. The highest BCUT2D eigenvalue weighted by Gasteiger charge is 2.29. The predicted octanol–water partition coefficient (Wildman–Crippen LogP) is 1.17. The van der Waals surface area contributed by atoms with Crippen molar-refractivity contribution in [1.82, 2.24) is 15.1 Å². The van der Waals surface area contributed by atoms with Gasteiger partial charge in [0.2, 0.25) is 5.91 Å². The number of hydrogen-bond donors (Lipinski definition) is 1. The summed E-state index contributed by atoms with van der Waals surface area (Å²) in [5.41, 5.74) is 0.213. The molecule has 0 radical (unpaired) electrons. The van der Waals surface area contributed by atoms with Gasteiger partial charge in [-0.15, -0.1) is 0 Å². The van der Waals surface area contributed by atoms with Gasteiger partial charge in [-0.1, -0.05) is 13.8 Å². The Morgan fingerprint density at radius 2 is 1.78 bits per heavy atom. The Balaban J connectivity index is 2.40. The number of rotatable bonds is 4. The highest BCUT2D eigenvalue weighted by molar-refractivity contribution is 5.78. The smallest absolute Gasteiger partial charge is 0.226 e. The number of nitrogens with one attached hydrogen (secondary N) is 1. The van der Waals surface area contributed by atoms with Crippen LogP contribution in [0.4, 0.5) is 0 Å². The normalized spacial score (nSPS) is 19.9. The van der Waals surface area contributed by atoms with Crippen molar-refractivity contribution in [3.05, 3.63) is 0 Å². The first kappa shape index (κ1) is 15.4. The quantitative estimate of drug-likeness (QED) is 0.819. The lowest BCUT2D eigenvalue weighted by Gasteiger charge is -2.42. The number of nitrogens with zero attached hydrogens (tertiary/aromatic N) is 2. The first-order chi connectivity index (χ1) is 8.36. The highest BCUT2D eigenvalue weighted by atomic mass is 16.2. The molecule has 106 valence electrons. The van der Waals surface area contributed by atoms with Crippen molar-refractivity contribution in [3.8, 4) is 0 Å². The zero-order chi connectivity index (χ0) is 13.8. The van der Waals surface area contributed by atoms with Gasteiger partial charge in [-0.25, -0.2) is 0 Å². The zero-order valence-electron chi connectivity index (χ0n) is 12.6. The van der Waals surface area contributed by atoms with Crippen LogP contribution in [-0.2, 0) is 4.79 Å². The van der Waals surface area contributed by atoms with Gasteiger partial charge in [0.25, 0.3) is 0 Å². The van der Waals surface area contributed by atoms with E-state index in [9.17, 15) is 4.79 Å². The molecule has 0 aromatic rings. The van der Waals surface area contributed by atoms with Gasteiger partial charge in [0, 0.05) is 44.2 Å². The van der Waals surface area contributed by atoms with Crippen molar-refractivity contribution < 1.29 is 4.79 Å². The lowest BCUT2D eigenvalue weighted by atomic mass is 10.0. The summed E-state index contributed by atoms with van der Waals surface area (Å²) >= 11 is 0. The van der Waals surface area contributed by atoms with Crippen LogP contribution in [0, 0.1) is 5.92 Å². The fourth-order valence-electron chi connectivity index (χ4n) is 2.36. The summed E-state index contributed by atoms with van der Waals surface area (Å²) in [6.45, 7) is 16.2. The molecule has 4 nitrogen and oxygen atoms in total. The molecule has 1 saturated heterocycles. The Morgan fingerprint density at radius 1 is 1.22 bits per heavy atom. The lowest BCUT2D eigenvalue weighted by molar-refractivity contribution is -0.137. The number of piperazine rings is 1. The van der Waals surface area contributed by atoms with E-state index in [1.807, 2.05) is 11.8 Å². The van der Waals surface area contributed by atoms with E-state index in [0.717, 1.165) is 39.3 Å². The molecule has 1 N–H and O–H groups in total. The third-order valence-corrected chi connectivity index (χ3v) is 3.66. The molecule has 0 bridgehead atoms. The fraction of sp³-hybridized carbons (Fsp3) is 0.929. The van der Waals surface area contributed by atoms with E-state index in [1.165, 1.54) is 0 Å². The maximum absolute atomic E-state index is 12.2. The van der Waals surface area contributed by atoms with Gasteiger partial charge >= 0.3 is 0 Å². The molecule has 1 aliphatic heterocycles. The Bertz CT molecular complexity index is 265. The third-order valence-electron chi connectivity index (χ3n) is 3.66. The average molecular weight is 255 g/mol. The Morgan fingerprint density at radius 3 is 2.22 bits per heavy atom. The fourth-order valence-corrected chi connectivity index (χ4v) is 2.36. The van der Waals surface area contributed by atoms with E-state index >= 15 is 0 Å². The highest BCUT2D eigenvalue weighted by Crippen LogP contribution is 2.16. The minimum atomic E-state index is 0.0890. The molecule has 0 saturated carbocycles. The minimum Gasteiger partial charge on any atom is -0.340 e. The van der Waals surface area contributed by atoms with E-state index < -0.39 is 0 Å². The summed E-state index contributed by atoms with van der Waals surface area (Å²) in [5.74, 6) is 0.385. The summed E-state index contributed by atoms with van der Waals surface area (Å²) in [6, 6.07) is 0. The molecule has 1 unspecified atom stereocenters. The van der Waals surface area contributed by atoms with Gasteiger partial charge in [-0.2, -0.15) is 0 Å². The van der Waals surface area contributed by atoms with E-state index in [1.54, 1.807) is 0 Å². The van der Waals surface area contributed by atoms with Crippen LogP contribution < -0.4 is 5.32 Å². The predicted molar refractivity (Wildman–Crippen MR) is 75.6 cm³/mol. The molecular weight excluding hydrogens is 226 g/mol. The number of hydrogen-bond acceptors (Lipinski definition) is 3. The average Bonchev–Trinajstić information content (AvgIpc) is 2.34. The first-order valence-corrected chi connectivity index (χ1v) is 7.10. The minimum absolute atomic E-state index is 0.0890. The second-order valence-corrected chi connectivity index (χ2v) is 6.19. The molecule has 0 spiro atoms. The van der Waals surface area contributed by atoms with Crippen LogP contribution in [0.1, 0.15) is 34.6 Å². The monoisotopic (exact) mass is 255 g/mol.